The number of fused-ring (bicyclic) bond motifs is 1. The second-order valence-electron chi connectivity index (χ2n) is 6.21. The second-order valence-corrected chi connectivity index (χ2v) is 6.21. The maximum absolute atomic E-state index is 14.3. The summed E-state index contributed by atoms with van der Waals surface area (Å²) < 4.78 is 14.3. The van der Waals surface area contributed by atoms with E-state index >= 15 is 0 Å². The van der Waals surface area contributed by atoms with Gasteiger partial charge in [0.05, 0.1) is 16.6 Å². The van der Waals surface area contributed by atoms with Crippen LogP contribution in [0.25, 0.3) is 10.8 Å². The van der Waals surface area contributed by atoms with Crippen molar-refractivity contribution in [2.75, 3.05) is 19.6 Å². The molecule has 0 radical (unpaired) electrons. The molecule has 0 aliphatic heterocycles. The van der Waals surface area contributed by atoms with Crippen molar-refractivity contribution in [3.8, 4) is 0 Å². The molecule has 6 nitrogen and oxygen atoms in total. The lowest BCUT2D eigenvalue weighted by Crippen LogP contribution is -2.35. The van der Waals surface area contributed by atoms with Gasteiger partial charge in [-0.05, 0) is 30.7 Å². The molecule has 0 bridgehead atoms. The Labute approximate surface area is 155 Å². The number of carbonyl (C=O) groups is 1. The highest BCUT2D eigenvalue weighted by Gasteiger charge is 2.18. The lowest BCUT2D eigenvalue weighted by molar-refractivity contribution is 0.0764. The molecule has 0 fully saturated rings. The quantitative estimate of drug-likeness (QED) is 0.697. The highest BCUT2D eigenvalue weighted by molar-refractivity contribution is 5.94. The molecule has 140 valence electrons. The van der Waals surface area contributed by atoms with E-state index in [0.717, 1.165) is 10.9 Å². The maximum atomic E-state index is 14.3. The summed E-state index contributed by atoms with van der Waals surface area (Å²) in [6, 6.07) is 11.6. The molecule has 3 rings (SSSR count). The number of nitrogens with two attached hydrogens (primary N) is 1. The Morgan fingerprint density at radius 1 is 1.22 bits per heavy atom. The number of aromatic amines is 1. The number of nitrogens with one attached hydrogen (secondary N) is 1. The monoisotopic (exact) mass is 368 g/mol. The molecule has 0 spiro atoms. The molecule has 7 heteroatoms. The van der Waals surface area contributed by atoms with Crippen LogP contribution < -0.4 is 11.3 Å². The number of carbonyl (C=O) groups excluding carboxylic acids is 1. The normalized spacial score (nSPS) is 10.9. The number of benzene rings is 2. The first-order valence-electron chi connectivity index (χ1n) is 8.79. The first-order chi connectivity index (χ1) is 13.0. The molecule has 0 aliphatic carbocycles. The second kappa shape index (κ2) is 8.09. The third-order valence-electron chi connectivity index (χ3n) is 4.48. The molecule has 1 amide bonds. The van der Waals surface area contributed by atoms with Crippen LogP contribution in [0.5, 0.6) is 0 Å². The molecule has 1 heterocycles. The van der Waals surface area contributed by atoms with E-state index in [0.29, 0.717) is 37.1 Å². The van der Waals surface area contributed by atoms with Crippen LogP contribution in [0.2, 0.25) is 0 Å². The number of nitrogens with zero attached hydrogens (tertiary/aromatic N) is 2. The first-order valence-corrected chi connectivity index (χ1v) is 8.79. The van der Waals surface area contributed by atoms with Gasteiger partial charge < -0.3 is 10.6 Å². The molecule has 0 aliphatic rings. The lowest BCUT2D eigenvalue weighted by atomic mass is 10.0. The van der Waals surface area contributed by atoms with Gasteiger partial charge in [0, 0.05) is 31.4 Å². The Bertz CT molecular complexity index is 1030. The molecule has 3 aromatic rings. The summed E-state index contributed by atoms with van der Waals surface area (Å²) in [6.07, 6.45) is 0.362. The van der Waals surface area contributed by atoms with Crippen molar-refractivity contribution in [2.24, 2.45) is 5.73 Å². The number of aromatic nitrogens is 2. The van der Waals surface area contributed by atoms with Crippen LogP contribution >= 0.6 is 0 Å². The fourth-order valence-electron chi connectivity index (χ4n) is 3.08. The van der Waals surface area contributed by atoms with Gasteiger partial charge in [-0.25, -0.2) is 9.49 Å². The molecule has 0 atom stereocenters. The Kier molecular flexibility index (Phi) is 5.61. The van der Waals surface area contributed by atoms with Crippen LogP contribution in [0.3, 0.4) is 0 Å². The van der Waals surface area contributed by atoms with Crippen molar-refractivity contribution in [3.63, 3.8) is 0 Å². The largest absolute Gasteiger partial charge is 0.338 e. The number of likely N-dealkylation sites (N-methyl/N-ethyl adjacent to an activating group) is 1. The minimum atomic E-state index is -0.571. The van der Waals surface area contributed by atoms with Gasteiger partial charge in [0.1, 0.15) is 5.82 Å². The van der Waals surface area contributed by atoms with E-state index in [4.69, 9.17) is 5.73 Å². The number of halogens is 1. The number of hydrogen-bond donors (Lipinski definition) is 2. The molecular formula is C20H21FN4O2. The van der Waals surface area contributed by atoms with Crippen LogP contribution in [-0.4, -0.2) is 40.6 Å². The van der Waals surface area contributed by atoms with Crippen LogP contribution in [0.1, 0.15) is 28.5 Å². The van der Waals surface area contributed by atoms with E-state index in [9.17, 15) is 14.0 Å². The summed E-state index contributed by atoms with van der Waals surface area (Å²) in [5, 5.41) is 7.90. The van der Waals surface area contributed by atoms with E-state index in [1.165, 1.54) is 11.0 Å². The van der Waals surface area contributed by atoms with E-state index in [-0.39, 0.29) is 17.0 Å². The average Bonchev–Trinajstić information content (AvgIpc) is 2.69. The van der Waals surface area contributed by atoms with E-state index < -0.39 is 5.82 Å². The minimum Gasteiger partial charge on any atom is -0.338 e. The van der Waals surface area contributed by atoms with Gasteiger partial charge in [-0.15, -0.1) is 0 Å². The van der Waals surface area contributed by atoms with E-state index in [2.05, 4.69) is 10.2 Å². The van der Waals surface area contributed by atoms with Crippen molar-refractivity contribution in [3.05, 3.63) is 75.5 Å². The van der Waals surface area contributed by atoms with Gasteiger partial charge in [0.25, 0.3) is 11.5 Å². The zero-order valence-electron chi connectivity index (χ0n) is 15.0. The van der Waals surface area contributed by atoms with Crippen molar-refractivity contribution in [1.82, 2.24) is 15.1 Å². The molecule has 0 unspecified atom stereocenters. The van der Waals surface area contributed by atoms with Gasteiger partial charge in [-0.1, -0.05) is 24.3 Å². The van der Waals surface area contributed by atoms with Gasteiger partial charge in [0.2, 0.25) is 0 Å². The third kappa shape index (κ3) is 3.88. The van der Waals surface area contributed by atoms with Crippen molar-refractivity contribution >= 4 is 16.7 Å². The Morgan fingerprint density at radius 2 is 1.96 bits per heavy atom. The van der Waals surface area contributed by atoms with Crippen molar-refractivity contribution < 1.29 is 9.18 Å². The topological polar surface area (TPSA) is 92.1 Å². The van der Waals surface area contributed by atoms with Gasteiger partial charge >= 0.3 is 0 Å². The number of amides is 1. The number of hydrogen-bond acceptors (Lipinski definition) is 4. The molecule has 2 aromatic carbocycles. The van der Waals surface area contributed by atoms with Gasteiger partial charge in [-0.3, -0.25) is 9.59 Å². The standard InChI is InChI=1S/C20H21FN4O2/c1-2-25(10-9-22)20(27)16-11-13(7-8-17(16)21)12-18-14-5-3-4-6-15(14)19(26)24-23-18/h3-8,11H,2,9-10,12,22H2,1H3,(H,24,26). The lowest BCUT2D eigenvalue weighted by Gasteiger charge is -2.20. The van der Waals surface area contributed by atoms with Crippen molar-refractivity contribution in [1.29, 1.82) is 0 Å². The van der Waals surface area contributed by atoms with Gasteiger partial charge in [-0.2, -0.15) is 5.10 Å². The molecule has 1 aromatic heterocycles. The zero-order valence-corrected chi connectivity index (χ0v) is 15.0. The summed E-state index contributed by atoms with van der Waals surface area (Å²) in [5.41, 5.74) is 6.67. The molecule has 0 saturated carbocycles. The van der Waals surface area contributed by atoms with Crippen LogP contribution in [-0.2, 0) is 6.42 Å². The minimum absolute atomic E-state index is 0.0107. The third-order valence-corrected chi connectivity index (χ3v) is 4.48. The predicted molar refractivity (Wildman–Crippen MR) is 102 cm³/mol. The Morgan fingerprint density at radius 3 is 2.67 bits per heavy atom. The highest BCUT2D eigenvalue weighted by atomic mass is 19.1. The van der Waals surface area contributed by atoms with E-state index in [1.807, 2.05) is 19.1 Å². The summed E-state index contributed by atoms with van der Waals surface area (Å²) in [5.74, 6) is -0.958. The fraction of sp³-hybridized carbons (Fsp3) is 0.250. The molecule has 0 saturated heterocycles. The van der Waals surface area contributed by atoms with Crippen LogP contribution in [0.4, 0.5) is 4.39 Å². The summed E-state index contributed by atoms with van der Waals surface area (Å²) in [4.78, 5) is 26.0. The number of H-pyrrole nitrogens is 1. The summed E-state index contributed by atoms with van der Waals surface area (Å²) in [6.45, 7) is 2.96. The SMILES string of the molecule is CCN(CCN)C(=O)c1cc(Cc2n[nH]c(=O)c3ccccc23)ccc1F. The highest BCUT2D eigenvalue weighted by Crippen LogP contribution is 2.19. The Balaban J connectivity index is 1.97. The summed E-state index contributed by atoms with van der Waals surface area (Å²) in [7, 11) is 0. The number of rotatable bonds is 6. The zero-order chi connectivity index (χ0) is 19.4. The maximum Gasteiger partial charge on any atom is 0.272 e. The van der Waals surface area contributed by atoms with Crippen molar-refractivity contribution in [2.45, 2.75) is 13.3 Å². The van der Waals surface area contributed by atoms with Crippen LogP contribution in [0.15, 0.2) is 47.3 Å². The van der Waals surface area contributed by atoms with E-state index in [1.54, 1.807) is 24.3 Å². The molecular weight excluding hydrogens is 347 g/mol. The molecule has 3 N–H and O–H groups in total. The summed E-state index contributed by atoms with van der Waals surface area (Å²) >= 11 is 0. The van der Waals surface area contributed by atoms with Crippen LogP contribution in [0, 0.1) is 5.82 Å². The smallest absolute Gasteiger partial charge is 0.272 e. The predicted octanol–water partition coefficient (Wildman–Crippen LogP) is 2.07. The average molecular weight is 368 g/mol. The first kappa shape index (κ1) is 18.7. The fourth-order valence-corrected chi connectivity index (χ4v) is 3.08. The van der Waals surface area contributed by atoms with Gasteiger partial charge in [0.15, 0.2) is 0 Å². The Hall–Kier alpha value is -3.06. The molecule has 27 heavy (non-hydrogen) atoms.